The van der Waals surface area contributed by atoms with Crippen molar-refractivity contribution < 1.29 is 0 Å². The number of thiocarbonyl (C=S) groups is 1. The number of benzene rings is 1. The average molecular weight is 196 g/mol. The smallest absolute Gasteiger partial charge is 0.0323 e. The Hall–Kier alpha value is -0.340. The Bertz CT molecular complexity index is 262. The molecule has 0 nitrogen and oxygen atoms in total. The molecule has 0 heterocycles. The number of hydrogen-bond donors (Lipinski definition) is 0. The maximum Gasteiger partial charge on any atom is 0.0323 e. The molecule has 0 saturated carbocycles. The van der Waals surface area contributed by atoms with Gasteiger partial charge in [0, 0.05) is 10.6 Å². The number of aryl methyl sites for hydroxylation is 1. The quantitative estimate of drug-likeness (QED) is 0.538. The van der Waals surface area contributed by atoms with E-state index in [1.807, 2.05) is 0 Å². The van der Waals surface area contributed by atoms with Crippen molar-refractivity contribution in [3.8, 4) is 0 Å². The maximum atomic E-state index is 5.24. The average Bonchev–Trinajstić information content (AvgIpc) is 2.06. The van der Waals surface area contributed by atoms with Crippen molar-refractivity contribution >= 4 is 28.8 Å². The van der Waals surface area contributed by atoms with Crippen LogP contribution in [0, 0.1) is 6.92 Å². The molecule has 1 rings (SSSR count). The lowest BCUT2D eigenvalue weighted by molar-refractivity contribution is 1.46. The molecular weight excluding hydrogens is 184 g/mol. The third-order valence-corrected chi connectivity index (χ3v) is 2.79. The Morgan fingerprint density at radius 3 is 2.42 bits per heavy atom. The molecule has 0 N–H and O–H groups in total. The van der Waals surface area contributed by atoms with Crippen LogP contribution in [-0.4, -0.2) is 16.9 Å². The van der Waals surface area contributed by atoms with Crippen LogP contribution in [0.2, 0.25) is 0 Å². The first kappa shape index (κ1) is 9.75. The highest BCUT2D eigenvalue weighted by Gasteiger charge is 1.98. The molecule has 0 amide bonds. The van der Waals surface area contributed by atoms with Gasteiger partial charge in [-0.3, -0.25) is 0 Å². The van der Waals surface area contributed by atoms with Crippen molar-refractivity contribution in [3.63, 3.8) is 0 Å². The Balaban J connectivity index is 2.75. The molecule has 0 atom stereocenters. The summed E-state index contributed by atoms with van der Waals surface area (Å²) in [7, 11) is 0. The summed E-state index contributed by atoms with van der Waals surface area (Å²) in [6.07, 6.45) is 2.07. The van der Waals surface area contributed by atoms with E-state index >= 15 is 0 Å². The van der Waals surface area contributed by atoms with Gasteiger partial charge in [0.2, 0.25) is 0 Å². The third-order valence-electron chi connectivity index (χ3n) is 1.65. The van der Waals surface area contributed by atoms with Crippen molar-refractivity contribution in [2.24, 2.45) is 0 Å². The minimum Gasteiger partial charge on any atom is -0.160 e. The van der Waals surface area contributed by atoms with E-state index in [-0.39, 0.29) is 0 Å². The van der Waals surface area contributed by atoms with Crippen molar-refractivity contribution in [2.75, 3.05) is 12.0 Å². The van der Waals surface area contributed by atoms with Crippen LogP contribution in [0.15, 0.2) is 24.3 Å². The van der Waals surface area contributed by atoms with E-state index in [0.717, 1.165) is 10.6 Å². The largest absolute Gasteiger partial charge is 0.160 e. The van der Waals surface area contributed by atoms with Crippen LogP contribution in [0.5, 0.6) is 0 Å². The second-order valence-corrected chi connectivity index (χ2v) is 4.08. The first-order valence-corrected chi connectivity index (χ1v) is 5.63. The van der Waals surface area contributed by atoms with Crippen LogP contribution in [-0.2, 0) is 0 Å². The minimum atomic E-state index is 0.943. The maximum absolute atomic E-state index is 5.24. The van der Waals surface area contributed by atoms with E-state index < -0.39 is 0 Å². The van der Waals surface area contributed by atoms with Crippen LogP contribution >= 0.6 is 24.0 Å². The van der Waals surface area contributed by atoms with Gasteiger partial charge in [0.15, 0.2) is 0 Å². The molecule has 0 spiro atoms. The van der Waals surface area contributed by atoms with Gasteiger partial charge in [-0.15, -0.1) is 0 Å². The van der Waals surface area contributed by atoms with Gasteiger partial charge in [-0.05, 0) is 18.7 Å². The summed E-state index contributed by atoms with van der Waals surface area (Å²) in [5.74, 6) is 0.943. The molecule has 1 aromatic rings. The van der Waals surface area contributed by atoms with Crippen LogP contribution in [0.1, 0.15) is 11.1 Å². The normalized spacial score (nSPS) is 9.83. The lowest BCUT2D eigenvalue weighted by Crippen LogP contribution is -1.99. The van der Waals surface area contributed by atoms with Crippen LogP contribution in [0.25, 0.3) is 0 Å². The fourth-order valence-corrected chi connectivity index (χ4v) is 1.87. The van der Waals surface area contributed by atoms with Gasteiger partial charge in [-0.1, -0.05) is 42.0 Å². The molecule has 2 heteroatoms. The highest BCUT2D eigenvalue weighted by Crippen LogP contribution is 2.07. The van der Waals surface area contributed by atoms with Crippen molar-refractivity contribution in [2.45, 2.75) is 6.92 Å². The summed E-state index contributed by atoms with van der Waals surface area (Å²) < 4.78 is 0. The predicted molar refractivity (Wildman–Crippen MR) is 61.3 cm³/mol. The second kappa shape index (κ2) is 4.63. The highest BCUT2D eigenvalue weighted by atomic mass is 32.2. The first-order chi connectivity index (χ1) is 5.74. The molecule has 0 aromatic heterocycles. The summed E-state index contributed by atoms with van der Waals surface area (Å²) in [6, 6.07) is 8.38. The standard InChI is InChI=1S/C10H12S2/c1-8-3-5-9(6-4-8)10(11)7-12-2/h3-6H,7H2,1-2H3. The molecule has 0 aliphatic heterocycles. The minimum absolute atomic E-state index is 0.943. The molecule has 0 aliphatic rings. The zero-order valence-electron chi connectivity index (χ0n) is 7.33. The SMILES string of the molecule is CSCC(=S)c1ccc(C)cc1. The van der Waals surface area contributed by atoms with Crippen molar-refractivity contribution in [1.82, 2.24) is 0 Å². The van der Waals surface area contributed by atoms with Gasteiger partial charge in [-0.25, -0.2) is 0 Å². The fraction of sp³-hybridized carbons (Fsp3) is 0.300. The number of thioether (sulfide) groups is 1. The molecular formula is C10H12S2. The molecule has 0 aliphatic carbocycles. The van der Waals surface area contributed by atoms with E-state index in [1.54, 1.807) is 11.8 Å². The van der Waals surface area contributed by atoms with Gasteiger partial charge < -0.3 is 0 Å². The summed E-state index contributed by atoms with van der Waals surface area (Å²) in [5, 5.41) is 0. The third kappa shape index (κ3) is 2.61. The fourth-order valence-electron chi connectivity index (χ4n) is 0.954. The van der Waals surface area contributed by atoms with Crippen LogP contribution < -0.4 is 0 Å². The van der Waals surface area contributed by atoms with E-state index in [1.165, 1.54) is 11.1 Å². The summed E-state index contributed by atoms with van der Waals surface area (Å²) in [4.78, 5) is 1.04. The molecule has 12 heavy (non-hydrogen) atoms. The summed E-state index contributed by atoms with van der Waals surface area (Å²) in [5.41, 5.74) is 2.47. The van der Waals surface area contributed by atoms with Gasteiger partial charge in [-0.2, -0.15) is 11.8 Å². The Morgan fingerprint density at radius 2 is 1.92 bits per heavy atom. The zero-order valence-corrected chi connectivity index (χ0v) is 8.97. The predicted octanol–water partition coefficient (Wildman–Crippen LogP) is 3.08. The topological polar surface area (TPSA) is 0 Å². The Morgan fingerprint density at radius 1 is 1.33 bits per heavy atom. The van der Waals surface area contributed by atoms with Gasteiger partial charge >= 0.3 is 0 Å². The highest BCUT2D eigenvalue weighted by molar-refractivity contribution is 8.00. The van der Waals surface area contributed by atoms with Crippen LogP contribution in [0.3, 0.4) is 0 Å². The van der Waals surface area contributed by atoms with Crippen LogP contribution in [0.4, 0.5) is 0 Å². The molecule has 1 aromatic carbocycles. The number of hydrogen-bond acceptors (Lipinski definition) is 2. The van der Waals surface area contributed by atoms with Crippen molar-refractivity contribution in [3.05, 3.63) is 35.4 Å². The zero-order chi connectivity index (χ0) is 8.97. The second-order valence-electron chi connectivity index (χ2n) is 2.72. The summed E-state index contributed by atoms with van der Waals surface area (Å²) in [6.45, 7) is 2.08. The molecule has 0 fully saturated rings. The lowest BCUT2D eigenvalue weighted by atomic mass is 10.1. The lowest BCUT2D eigenvalue weighted by Gasteiger charge is -2.01. The van der Waals surface area contributed by atoms with Gasteiger partial charge in [0.05, 0.1) is 0 Å². The number of rotatable bonds is 3. The van der Waals surface area contributed by atoms with Gasteiger partial charge in [0.25, 0.3) is 0 Å². The summed E-state index contributed by atoms with van der Waals surface area (Å²) >= 11 is 7.01. The molecule has 64 valence electrons. The monoisotopic (exact) mass is 196 g/mol. The van der Waals surface area contributed by atoms with E-state index in [9.17, 15) is 0 Å². The first-order valence-electron chi connectivity index (χ1n) is 3.83. The molecule has 0 unspecified atom stereocenters. The van der Waals surface area contributed by atoms with Crippen molar-refractivity contribution in [1.29, 1.82) is 0 Å². The Labute approximate surface area is 83.4 Å². The molecule has 0 saturated heterocycles. The van der Waals surface area contributed by atoms with E-state index in [2.05, 4.69) is 37.4 Å². The molecule has 0 bridgehead atoms. The molecule has 0 radical (unpaired) electrons. The Kier molecular flexibility index (Phi) is 3.76. The van der Waals surface area contributed by atoms with Gasteiger partial charge in [0.1, 0.15) is 0 Å². The van der Waals surface area contributed by atoms with E-state index in [0.29, 0.717) is 0 Å². The van der Waals surface area contributed by atoms with E-state index in [4.69, 9.17) is 12.2 Å².